The quantitative estimate of drug-likeness (QED) is 0.557. The number of nitrogens with one attached hydrogen (secondary N) is 1. The van der Waals surface area contributed by atoms with E-state index in [4.69, 9.17) is 4.74 Å². The number of rotatable bonds is 6. The first-order valence-corrected chi connectivity index (χ1v) is 10.7. The van der Waals surface area contributed by atoms with Crippen LogP contribution in [0.1, 0.15) is 14.5 Å². The van der Waals surface area contributed by atoms with Crippen molar-refractivity contribution in [2.45, 2.75) is 6.92 Å². The van der Waals surface area contributed by atoms with E-state index >= 15 is 0 Å². The molecule has 0 radical (unpaired) electrons. The summed E-state index contributed by atoms with van der Waals surface area (Å²) in [5.41, 5.74) is 1.77. The van der Waals surface area contributed by atoms with Crippen molar-refractivity contribution < 1.29 is 14.3 Å². The van der Waals surface area contributed by atoms with E-state index in [0.29, 0.717) is 10.0 Å². The maximum Gasteiger partial charge on any atom is 0.264 e. The number of benzene rings is 1. The number of hydrogen-bond acceptors (Lipinski definition) is 6. The number of nitrogens with zero attached hydrogens (tertiary/aromatic N) is 2. The van der Waals surface area contributed by atoms with Gasteiger partial charge in [0.05, 0.1) is 28.0 Å². The second-order valence-corrected chi connectivity index (χ2v) is 9.63. The lowest BCUT2D eigenvalue weighted by molar-refractivity contribution is -0.116. The highest BCUT2D eigenvalue weighted by molar-refractivity contribution is 9.11. The zero-order valence-electron chi connectivity index (χ0n) is 15.5. The minimum absolute atomic E-state index is 0.0507. The monoisotopic (exact) mass is 479 g/mol. The fourth-order valence-corrected chi connectivity index (χ4v) is 4.76. The highest BCUT2D eigenvalue weighted by Gasteiger charge is 2.18. The molecule has 0 saturated heterocycles. The molecule has 6 nitrogen and oxygen atoms in total. The molecule has 0 saturated carbocycles. The number of aromatic nitrogens is 1. The molecule has 3 aromatic rings. The average Bonchev–Trinajstić information content (AvgIpc) is 3.26. The molecule has 1 aromatic carbocycles. The lowest BCUT2D eigenvalue weighted by Crippen LogP contribution is -2.34. The Bertz CT molecular complexity index is 998. The fourth-order valence-electron chi connectivity index (χ4n) is 2.53. The van der Waals surface area contributed by atoms with Crippen LogP contribution in [-0.2, 0) is 4.79 Å². The molecule has 2 heterocycles. The second kappa shape index (κ2) is 8.85. The van der Waals surface area contributed by atoms with Crippen LogP contribution in [-0.4, -0.2) is 42.4 Å². The molecule has 146 valence electrons. The number of carbonyl (C=O) groups is 2. The Morgan fingerprint density at radius 3 is 2.50 bits per heavy atom. The molecule has 0 aliphatic rings. The Balaban J connectivity index is 1.65. The number of halogens is 1. The normalized spacial score (nSPS) is 10.6. The molecule has 0 fully saturated rings. The summed E-state index contributed by atoms with van der Waals surface area (Å²) in [7, 11) is 3.22. The van der Waals surface area contributed by atoms with E-state index in [1.807, 2.05) is 37.3 Å². The molecular formula is C19H18BrN3O3S2. The number of ether oxygens (including phenoxy) is 1. The van der Waals surface area contributed by atoms with Gasteiger partial charge >= 0.3 is 0 Å². The van der Waals surface area contributed by atoms with Crippen molar-refractivity contribution in [1.29, 1.82) is 0 Å². The molecule has 0 aliphatic carbocycles. The lowest BCUT2D eigenvalue weighted by Gasteiger charge is -2.15. The van der Waals surface area contributed by atoms with Gasteiger partial charge in [0.25, 0.3) is 5.91 Å². The van der Waals surface area contributed by atoms with Crippen molar-refractivity contribution in [2.24, 2.45) is 0 Å². The number of hydrogen-bond donors (Lipinski definition) is 1. The van der Waals surface area contributed by atoms with Gasteiger partial charge in [0.1, 0.15) is 5.75 Å². The number of aryl methyl sites for hydroxylation is 1. The minimum Gasteiger partial charge on any atom is -0.497 e. The van der Waals surface area contributed by atoms with E-state index in [1.54, 1.807) is 20.2 Å². The van der Waals surface area contributed by atoms with Crippen LogP contribution in [0.25, 0.3) is 11.3 Å². The van der Waals surface area contributed by atoms with Crippen LogP contribution in [0, 0.1) is 6.92 Å². The summed E-state index contributed by atoms with van der Waals surface area (Å²) < 4.78 is 6.05. The van der Waals surface area contributed by atoms with Crippen LogP contribution < -0.4 is 10.1 Å². The van der Waals surface area contributed by atoms with Crippen LogP contribution in [0.5, 0.6) is 5.75 Å². The third kappa shape index (κ3) is 4.78. The van der Waals surface area contributed by atoms with E-state index in [0.717, 1.165) is 25.7 Å². The first-order valence-electron chi connectivity index (χ1n) is 8.30. The average molecular weight is 480 g/mol. The molecular weight excluding hydrogens is 462 g/mol. The van der Waals surface area contributed by atoms with Gasteiger partial charge in [-0.05, 0) is 59.3 Å². The highest BCUT2D eigenvalue weighted by atomic mass is 79.9. The maximum absolute atomic E-state index is 12.4. The van der Waals surface area contributed by atoms with Crippen molar-refractivity contribution in [1.82, 2.24) is 9.88 Å². The molecule has 2 amide bonds. The van der Waals surface area contributed by atoms with Gasteiger partial charge < -0.3 is 15.0 Å². The largest absolute Gasteiger partial charge is 0.497 e. The number of anilines is 1. The summed E-state index contributed by atoms with van der Waals surface area (Å²) >= 11 is 6.07. The smallest absolute Gasteiger partial charge is 0.264 e. The molecule has 28 heavy (non-hydrogen) atoms. The molecule has 0 spiro atoms. The number of amides is 2. The van der Waals surface area contributed by atoms with Crippen molar-refractivity contribution in [3.63, 3.8) is 0 Å². The maximum atomic E-state index is 12.4. The van der Waals surface area contributed by atoms with Gasteiger partial charge in [0.15, 0.2) is 5.13 Å². The summed E-state index contributed by atoms with van der Waals surface area (Å²) in [6.45, 7) is 1.90. The zero-order chi connectivity index (χ0) is 20.3. The van der Waals surface area contributed by atoms with E-state index < -0.39 is 0 Å². The van der Waals surface area contributed by atoms with Crippen LogP contribution in [0.4, 0.5) is 5.13 Å². The third-order valence-corrected chi connectivity index (χ3v) is 6.42. The van der Waals surface area contributed by atoms with Crippen molar-refractivity contribution in [2.75, 3.05) is 26.0 Å². The summed E-state index contributed by atoms with van der Waals surface area (Å²) in [6.07, 6.45) is 0. The standard InChI is InChI=1S/C19H18BrN3O3S2/c1-11-17(12-4-6-13(26-3)7-5-12)22-19(27-11)21-16(24)10-23(2)18(25)14-8-9-15(20)28-14/h4-9H,10H2,1-3H3,(H,21,22,24). The Morgan fingerprint density at radius 2 is 1.89 bits per heavy atom. The van der Waals surface area contributed by atoms with Crippen LogP contribution in [0.15, 0.2) is 40.2 Å². The molecule has 0 bridgehead atoms. The zero-order valence-corrected chi connectivity index (χ0v) is 18.7. The van der Waals surface area contributed by atoms with Crippen molar-refractivity contribution in [3.8, 4) is 17.0 Å². The van der Waals surface area contributed by atoms with Gasteiger partial charge in [-0.2, -0.15) is 0 Å². The Morgan fingerprint density at radius 1 is 1.18 bits per heavy atom. The van der Waals surface area contributed by atoms with E-state index in [9.17, 15) is 9.59 Å². The number of likely N-dealkylation sites (N-methyl/N-ethyl adjacent to an activating group) is 1. The Labute approximate surface area is 179 Å². The van der Waals surface area contributed by atoms with Gasteiger partial charge in [0.2, 0.25) is 5.91 Å². The number of thiophene rings is 1. The molecule has 9 heteroatoms. The number of thiazole rings is 1. The number of methoxy groups -OCH3 is 1. The topological polar surface area (TPSA) is 71.5 Å². The summed E-state index contributed by atoms with van der Waals surface area (Å²) in [6, 6.07) is 11.1. The molecule has 0 unspecified atom stereocenters. The van der Waals surface area contributed by atoms with Crippen molar-refractivity contribution in [3.05, 3.63) is 49.9 Å². The van der Waals surface area contributed by atoms with Gasteiger partial charge in [-0.1, -0.05) is 0 Å². The molecule has 3 rings (SSSR count). The van der Waals surface area contributed by atoms with Crippen LogP contribution in [0.2, 0.25) is 0 Å². The van der Waals surface area contributed by atoms with Gasteiger partial charge in [-0.15, -0.1) is 22.7 Å². The van der Waals surface area contributed by atoms with Gasteiger partial charge in [0, 0.05) is 17.5 Å². The summed E-state index contributed by atoms with van der Waals surface area (Å²) in [4.78, 5) is 32.2. The molecule has 2 aromatic heterocycles. The molecule has 0 aliphatic heterocycles. The summed E-state index contributed by atoms with van der Waals surface area (Å²) in [5.74, 6) is 0.289. The van der Waals surface area contributed by atoms with E-state index in [-0.39, 0.29) is 18.4 Å². The predicted octanol–water partition coefficient (Wildman–Crippen LogP) is 4.66. The highest BCUT2D eigenvalue weighted by Crippen LogP contribution is 2.31. The van der Waals surface area contributed by atoms with E-state index in [2.05, 4.69) is 26.2 Å². The Hall–Kier alpha value is -2.23. The lowest BCUT2D eigenvalue weighted by atomic mass is 10.1. The van der Waals surface area contributed by atoms with Crippen LogP contribution in [0.3, 0.4) is 0 Å². The molecule has 0 atom stereocenters. The predicted molar refractivity (Wildman–Crippen MR) is 116 cm³/mol. The number of carbonyl (C=O) groups excluding carboxylic acids is 2. The first-order chi connectivity index (χ1) is 13.4. The summed E-state index contributed by atoms with van der Waals surface area (Å²) in [5, 5.41) is 3.29. The molecule has 1 N–H and O–H groups in total. The van der Waals surface area contributed by atoms with Crippen molar-refractivity contribution >= 4 is 55.5 Å². The minimum atomic E-state index is -0.290. The van der Waals surface area contributed by atoms with Gasteiger partial charge in [-0.25, -0.2) is 4.98 Å². The Kier molecular flexibility index (Phi) is 6.48. The van der Waals surface area contributed by atoms with E-state index in [1.165, 1.54) is 27.6 Å². The third-order valence-electron chi connectivity index (χ3n) is 3.92. The fraction of sp³-hybridized carbons (Fsp3) is 0.211. The second-order valence-electron chi connectivity index (χ2n) is 5.97. The van der Waals surface area contributed by atoms with Crippen LogP contribution >= 0.6 is 38.6 Å². The van der Waals surface area contributed by atoms with Gasteiger partial charge in [-0.3, -0.25) is 9.59 Å². The SMILES string of the molecule is COc1ccc(-c2nc(NC(=O)CN(C)C(=O)c3ccc(Br)s3)sc2C)cc1. The first kappa shape index (κ1) is 20.5.